The Morgan fingerprint density at radius 1 is 1.45 bits per heavy atom. The number of hydrogen-bond acceptors (Lipinski definition) is 3. The van der Waals surface area contributed by atoms with E-state index in [4.69, 9.17) is 5.73 Å². The van der Waals surface area contributed by atoms with Gasteiger partial charge in [0.15, 0.2) is 5.69 Å². The summed E-state index contributed by atoms with van der Waals surface area (Å²) in [5.74, 6) is -0.590. The van der Waals surface area contributed by atoms with Crippen molar-refractivity contribution in [1.82, 2.24) is 15.1 Å². The third-order valence-electron chi connectivity index (χ3n) is 3.96. The molecule has 0 bridgehead atoms. The molecule has 1 aromatic heterocycles. The number of carbonyl (C=O) groups is 1. The highest BCUT2D eigenvalue weighted by molar-refractivity contribution is 5.94. The Labute approximate surface area is 128 Å². The number of para-hydroxylation sites is 1. The Hall–Kier alpha value is -2.21. The molecular formula is C16H19FN4O. The van der Waals surface area contributed by atoms with Gasteiger partial charge in [0.2, 0.25) is 0 Å². The van der Waals surface area contributed by atoms with E-state index in [0.717, 1.165) is 30.5 Å². The zero-order valence-corrected chi connectivity index (χ0v) is 12.5. The molecule has 0 saturated heterocycles. The number of nitrogens with one attached hydrogen (secondary N) is 1. The third-order valence-corrected chi connectivity index (χ3v) is 3.96. The second kappa shape index (κ2) is 5.88. The quantitative estimate of drug-likeness (QED) is 0.900. The molecule has 22 heavy (non-hydrogen) atoms. The lowest BCUT2D eigenvalue weighted by Crippen LogP contribution is -2.38. The first-order valence-electron chi connectivity index (χ1n) is 7.48. The number of hydrogen-bond donors (Lipinski definition) is 2. The minimum absolute atomic E-state index is 0.122. The van der Waals surface area contributed by atoms with Crippen molar-refractivity contribution in [3.63, 3.8) is 0 Å². The van der Waals surface area contributed by atoms with Gasteiger partial charge in [0.05, 0.1) is 0 Å². The highest BCUT2D eigenvalue weighted by Crippen LogP contribution is 2.28. The average molecular weight is 302 g/mol. The van der Waals surface area contributed by atoms with Crippen LogP contribution >= 0.6 is 0 Å². The molecule has 0 radical (unpaired) electrons. The SMILES string of the molecule is C[C@@H](CN)NC(=O)c1nn(-c2ccccc2F)c2c1CCC2. The second-order valence-electron chi connectivity index (χ2n) is 5.60. The van der Waals surface area contributed by atoms with Gasteiger partial charge in [0.25, 0.3) is 5.91 Å². The molecular weight excluding hydrogens is 283 g/mol. The van der Waals surface area contributed by atoms with E-state index in [9.17, 15) is 9.18 Å². The minimum Gasteiger partial charge on any atom is -0.347 e. The number of fused-ring (bicyclic) bond motifs is 1. The summed E-state index contributed by atoms with van der Waals surface area (Å²) in [6, 6.07) is 6.35. The monoisotopic (exact) mass is 302 g/mol. The summed E-state index contributed by atoms with van der Waals surface area (Å²) in [6.07, 6.45) is 2.55. The maximum atomic E-state index is 14.0. The smallest absolute Gasteiger partial charge is 0.272 e. The normalized spacial score (nSPS) is 14.7. The van der Waals surface area contributed by atoms with E-state index in [2.05, 4.69) is 10.4 Å². The molecule has 1 amide bonds. The molecule has 1 aliphatic rings. The zero-order valence-electron chi connectivity index (χ0n) is 12.5. The maximum absolute atomic E-state index is 14.0. The predicted molar refractivity (Wildman–Crippen MR) is 81.5 cm³/mol. The Morgan fingerprint density at radius 3 is 2.95 bits per heavy atom. The highest BCUT2D eigenvalue weighted by Gasteiger charge is 2.28. The van der Waals surface area contributed by atoms with Crippen LogP contribution in [0.15, 0.2) is 24.3 Å². The Balaban J connectivity index is 2.03. The van der Waals surface area contributed by atoms with E-state index in [0.29, 0.717) is 17.9 Å². The van der Waals surface area contributed by atoms with Crippen LogP contribution in [0.3, 0.4) is 0 Å². The third kappa shape index (κ3) is 2.50. The van der Waals surface area contributed by atoms with Crippen LogP contribution in [0.5, 0.6) is 0 Å². The summed E-state index contributed by atoms with van der Waals surface area (Å²) in [5.41, 5.74) is 8.15. The van der Waals surface area contributed by atoms with Crippen LogP contribution in [-0.2, 0) is 12.8 Å². The Kier molecular flexibility index (Phi) is 3.94. The van der Waals surface area contributed by atoms with Crippen LogP contribution in [0.25, 0.3) is 5.69 Å². The standard InChI is InChI=1S/C16H19FN4O/c1-10(9-18)19-16(22)15-11-5-4-8-13(11)21(20-15)14-7-3-2-6-12(14)17/h2-3,6-7,10H,4-5,8-9,18H2,1H3,(H,19,22)/t10-/m0/s1. The van der Waals surface area contributed by atoms with Crippen molar-refractivity contribution in [2.24, 2.45) is 5.73 Å². The number of nitrogens with zero attached hydrogens (tertiary/aromatic N) is 2. The summed E-state index contributed by atoms with van der Waals surface area (Å²) in [7, 11) is 0. The molecule has 116 valence electrons. The number of carbonyl (C=O) groups excluding carboxylic acids is 1. The van der Waals surface area contributed by atoms with E-state index in [1.54, 1.807) is 22.9 Å². The van der Waals surface area contributed by atoms with Crippen LogP contribution in [0, 0.1) is 5.82 Å². The topological polar surface area (TPSA) is 72.9 Å². The number of amides is 1. The molecule has 1 aliphatic carbocycles. The minimum atomic E-state index is -0.345. The summed E-state index contributed by atoms with van der Waals surface area (Å²) in [6.45, 7) is 2.20. The van der Waals surface area contributed by atoms with Crippen LogP contribution in [-0.4, -0.2) is 28.3 Å². The van der Waals surface area contributed by atoms with Crippen LogP contribution in [0.4, 0.5) is 4.39 Å². The van der Waals surface area contributed by atoms with Gasteiger partial charge < -0.3 is 11.1 Å². The average Bonchev–Trinajstić information content (AvgIpc) is 3.09. The summed E-state index contributed by atoms with van der Waals surface area (Å²) in [5, 5.41) is 7.20. The van der Waals surface area contributed by atoms with Crippen LogP contribution in [0.2, 0.25) is 0 Å². The van der Waals surface area contributed by atoms with Gasteiger partial charge in [0.1, 0.15) is 11.5 Å². The zero-order chi connectivity index (χ0) is 15.7. The van der Waals surface area contributed by atoms with Gasteiger partial charge in [-0.05, 0) is 38.3 Å². The molecule has 0 spiro atoms. The molecule has 1 aromatic carbocycles. The first-order chi connectivity index (χ1) is 10.6. The van der Waals surface area contributed by atoms with Crippen molar-refractivity contribution in [2.45, 2.75) is 32.2 Å². The van der Waals surface area contributed by atoms with Crippen molar-refractivity contribution in [1.29, 1.82) is 0 Å². The highest BCUT2D eigenvalue weighted by atomic mass is 19.1. The lowest BCUT2D eigenvalue weighted by molar-refractivity contribution is 0.0935. The van der Waals surface area contributed by atoms with Crippen LogP contribution < -0.4 is 11.1 Å². The molecule has 1 heterocycles. The molecule has 2 aromatic rings. The van der Waals surface area contributed by atoms with Gasteiger partial charge in [0, 0.05) is 23.8 Å². The molecule has 6 heteroatoms. The number of rotatable bonds is 4. The number of halogens is 1. The number of nitrogens with two attached hydrogens (primary N) is 1. The molecule has 0 unspecified atom stereocenters. The first-order valence-corrected chi connectivity index (χ1v) is 7.48. The predicted octanol–water partition coefficient (Wildman–Crippen LogP) is 1.58. The molecule has 3 N–H and O–H groups in total. The summed E-state index contributed by atoms with van der Waals surface area (Å²) < 4.78 is 15.6. The first kappa shape index (κ1) is 14.7. The molecule has 0 aliphatic heterocycles. The lowest BCUT2D eigenvalue weighted by Gasteiger charge is -2.10. The van der Waals surface area contributed by atoms with Gasteiger partial charge in [-0.2, -0.15) is 5.10 Å². The van der Waals surface area contributed by atoms with Crippen LogP contribution in [0.1, 0.15) is 35.1 Å². The fraction of sp³-hybridized carbons (Fsp3) is 0.375. The van der Waals surface area contributed by atoms with E-state index in [1.807, 2.05) is 6.92 Å². The van der Waals surface area contributed by atoms with Gasteiger partial charge in [-0.3, -0.25) is 4.79 Å². The summed E-state index contributed by atoms with van der Waals surface area (Å²) >= 11 is 0. The number of aromatic nitrogens is 2. The fourth-order valence-corrected chi connectivity index (χ4v) is 2.79. The fourth-order valence-electron chi connectivity index (χ4n) is 2.79. The van der Waals surface area contributed by atoms with Crippen molar-refractivity contribution in [3.05, 3.63) is 47.0 Å². The molecule has 0 fully saturated rings. The van der Waals surface area contributed by atoms with Gasteiger partial charge in [-0.15, -0.1) is 0 Å². The van der Waals surface area contributed by atoms with Crippen molar-refractivity contribution < 1.29 is 9.18 Å². The van der Waals surface area contributed by atoms with E-state index < -0.39 is 0 Å². The molecule has 0 saturated carbocycles. The van der Waals surface area contributed by atoms with Crippen molar-refractivity contribution in [2.75, 3.05) is 6.54 Å². The van der Waals surface area contributed by atoms with Gasteiger partial charge in [-0.25, -0.2) is 9.07 Å². The lowest BCUT2D eigenvalue weighted by atomic mass is 10.2. The maximum Gasteiger partial charge on any atom is 0.272 e. The largest absolute Gasteiger partial charge is 0.347 e. The number of benzene rings is 1. The van der Waals surface area contributed by atoms with E-state index in [1.165, 1.54) is 6.07 Å². The Morgan fingerprint density at radius 2 is 2.23 bits per heavy atom. The van der Waals surface area contributed by atoms with E-state index in [-0.39, 0.29) is 17.8 Å². The van der Waals surface area contributed by atoms with Crippen molar-refractivity contribution in [3.8, 4) is 5.69 Å². The molecule has 3 rings (SSSR count). The van der Waals surface area contributed by atoms with Gasteiger partial charge >= 0.3 is 0 Å². The van der Waals surface area contributed by atoms with Gasteiger partial charge in [-0.1, -0.05) is 12.1 Å². The Bertz CT molecular complexity index is 710. The van der Waals surface area contributed by atoms with E-state index >= 15 is 0 Å². The summed E-state index contributed by atoms with van der Waals surface area (Å²) in [4.78, 5) is 12.4. The second-order valence-corrected chi connectivity index (χ2v) is 5.60. The van der Waals surface area contributed by atoms with Crippen molar-refractivity contribution >= 4 is 5.91 Å². The molecule has 5 nitrogen and oxygen atoms in total. The molecule has 1 atom stereocenters.